The van der Waals surface area contributed by atoms with Gasteiger partial charge in [0.2, 0.25) is 0 Å². The Morgan fingerprint density at radius 2 is 2.29 bits per heavy atom. The molecule has 0 bridgehead atoms. The number of H-pyrrole nitrogens is 1. The lowest BCUT2D eigenvalue weighted by atomic mass is 10.2. The number of aryl methyl sites for hydroxylation is 1. The normalized spacial score (nSPS) is 10.9. The smallest absolute Gasteiger partial charge is 0.170 e. The van der Waals surface area contributed by atoms with Crippen LogP contribution in [-0.4, -0.2) is 19.7 Å². The van der Waals surface area contributed by atoms with Crippen LogP contribution in [0, 0.1) is 0 Å². The quantitative estimate of drug-likeness (QED) is 0.744. The van der Waals surface area contributed by atoms with Gasteiger partial charge in [-0.3, -0.25) is 0 Å². The SMILES string of the molecule is Cn1cnnc1COc1ccc2[nH]ccc2c1. The number of fused-ring (bicyclic) bond motifs is 1. The number of benzene rings is 1. The van der Waals surface area contributed by atoms with Crippen molar-refractivity contribution in [3.8, 4) is 5.75 Å². The third kappa shape index (κ3) is 1.87. The van der Waals surface area contributed by atoms with Crippen LogP contribution in [0.2, 0.25) is 0 Å². The van der Waals surface area contributed by atoms with E-state index in [1.165, 1.54) is 0 Å². The Bertz CT molecular complexity index is 641. The van der Waals surface area contributed by atoms with Crippen molar-refractivity contribution >= 4 is 10.9 Å². The van der Waals surface area contributed by atoms with Gasteiger partial charge in [0, 0.05) is 24.1 Å². The van der Waals surface area contributed by atoms with E-state index >= 15 is 0 Å². The second-order valence-corrected chi connectivity index (χ2v) is 3.87. The molecular weight excluding hydrogens is 216 g/mol. The Kier molecular flexibility index (Phi) is 2.29. The molecule has 0 saturated carbocycles. The van der Waals surface area contributed by atoms with E-state index in [0.29, 0.717) is 6.61 Å². The molecule has 1 N–H and O–H groups in total. The fraction of sp³-hybridized carbons (Fsp3) is 0.167. The van der Waals surface area contributed by atoms with Gasteiger partial charge in [-0.25, -0.2) is 0 Å². The second-order valence-electron chi connectivity index (χ2n) is 3.87. The molecule has 17 heavy (non-hydrogen) atoms. The predicted molar refractivity (Wildman–Crippen MR) is 63.6 cm³/mol. The average Bonchev–Trinajstić information content (AvgIpc) is 2.94. The van der Waals surface area contributed by atoms with Crippen LogP contribution in [0.5, 0.6) is 5.75 Å². The predicted octanol–water partition coefficient (Wildman–Crippen LogP) is 1.88. The summed E-state index contributed by atoms with van der Waals surface area (Å²) in [6.45, 7) is 0.423. The minimum Gasteiger partial charge on any atom is -0.486 e. The van der Waals surface area contributed by atoms with Crippen molar-refractivity contribution in [3.63, 3.8) is 0 Å². The van der Waals surface area contributed by atoms with Gasteiger partial charge in [-0.05, 0) is 24.3 Å². The molecule has 2 heterocycles. The molecule has 0 atom stereocenters. The highest BCUT2D eigenvalue weighted by Gasteiger charge is 2.02. The molecule has 0 aliphatic rings. The molecule has 0 aliphatic heterocycles. The van der Waals surface area contributed by atoms with E-state index in [1.807, 2.05) is 42.1 Å². The van der Waals surface area contributed by atoms with Crippen molar-refractivity contribution < 1.29 is 4.74 Å². The zero-order valence-corrected chi connectivity index (χ0v) is 9.42. The number of hydrogen-bond acceptors (Lipinski definition) is 3. The van der Waals surface area contributed by atoms with Gasteiger partial charge < -0.3 is 14.3 Å². The third-order valence-electron chi connectivity index (χ3n) is 2.70. The summed E-state index contributed by atoms with van der Waals surface area (Å²) in [5.74, 6) is 1.64. The number of hydrogen-bond donors (Lipinski definition) is 1. The molecule has 3 rings (SSSR count). The van der Waals surface area contributed by atoms with Crippen LogP contribution in [0.1, 0.15) is 5.82 Å². The Labute approximate surface area is 98.0 Å². The monoisotopic (exact) mass is 228 g/mol. The Hall–Kier alpha value is -2.30. The molecule has 0 fully saturated rings. The maximum absolute atomic E-state index is 5.67. The van der Waals surface area contributed by atoms with Gasteiger partial charge >= 0.3 is 0 Å². The van der Waals surface area contributed by atoms with Gasteiger partial charge in [-0.15, -0.1) is 10.2 Å². The average molecular weight is 228 g/mol. The number of nitrogens with zero attached hydrogens (tertiary/aromatic N) is 3. The number of rotatable bonds is 3. The van der Waals surface area contributed by atoms with Crippen LogP contribution < -0.4 is 4.74 Å². The maximum Gasteiger partial charge on any atom is 0.170 e. The zero-order chi connectivity index (χ0) is 11.7. The summed E-state index contributed by atoms with van der Waals surface area (Å²) in [5, 5.41) is 8.91. The molecule has 0 amide bonds. The Morgan fingerprint density at radius 1 is 1.35 bits per heavy atom. The van der Waals surface area contributed by atoms with Crippen molar-refractivity contribution in [2.75, 3.05) is 0 Å². The van der Waals surface area contributed by atoms with Crippen molar-refractivity contribution in [2.45, 2.75) is 6.61 Å². The van der Waals surface area contributed by atoms with Gasteiger partial charge in [0.15, 0.2) is 5.82 Å². The van der Waals surface area contributed by atoms with E-state index in [-0.39, 0.29) is 0 Å². The highest BCUT2D eigenvalue weighted by atomic mass is 16.5. The molecule has 0 aliphatic carbocycles. The van der Waals surface area contributed by atoms with E-state index in [1.54, 1.807) is 6.33 Å². The van der Waals surface area contributed by atoms with Crippen LogP contribution >= 0.6 is 0 Å². The molecule has 2 aromatic heterocycles. The summed E-state index contributed by atoms with van der Waals surface area (Å²) in [6.07, 6.45) is 3.57. The van der Waals surface area contributed by atoms with Crippen LogP contribution in [0.15, 0.2) is 36.8 Å². The van der Waals surface area contributed by atoms with Crippen LogP contribution in [0.25, 0.3) is 10.9 Å². The van der Waals surface area contributed by atoms with Crippen molar-refractivity contribution in [1.82, 2.24) is 19.7 Å². The summed E-state index contributed by atoms with van der Waals surface area (Å²) < 4.78 is 7.51. The van der Waals surface area contributed by atoms with Crippen LogP contribution in [0.4, 0.5) is 0 Å². The van der Waals surface area contributed by atoms with Gasteiger partial charge in [-0.1, -0.05) is 0 Å². The number of aromatic nitrogens is 4. The lowest BCUT2D eigenvalue weighted by Crippen LogP contribution is -2.02. The fourth-order valence-electron chi connectivity index (χ4n) is 1.71. The van der Waals surface area contributed by atoms with Crippen LogP contribution in [0.3, 0.4) is 0 Å². The molecule has 0 radical (unpaired) electrons. The molecule has 3 aromatic rings. The molecule has 0 unspecified atom stereocenters. The lowest BCUT2D eigenvalue weighted by Gasteiger charge is -2.05. The number of ether oxygens (including phenoxy) is 1. The molecule has 86 valence electrons. The first-order chi connectivity index (χ1) is 8.33. The Morgan fingerprint density at radius 3 is 3.12 bits per heavy atom. The first-order valence-electron chi connectivity index (χ1n) is 5.36. The van der Waals surface area contributed by atoms with Crippen molar-refractivity contribution in [1.29, 1.82) is 0 Å². The lowest BCUT2D eigenvalue weighted by molar-refractivity contribution is 0.291. The Balaban J connectivity index is 1.78. The van der Waals surface area contributed by atoms with E-state index in [0.717, 1.165) is 22.5 Å². The zero-order valence-electron chi connectivity index (χ0n) is 9.42. The first kappa shape index (κ1) is 9.89. The van der Waals surface area contributed by atoms with Gasteiger partial charge in [0.25, 0.3) is 0 Å². The molecule has 5 nitrogen and oxygen atoms in total. The second kappa shape index (κ2) is 3.93. The summed E-state index contributed by atoms with van der Waals surface area (Å²) >= 11 is 0. The van der Waals surface area contributed by atoms with Gasteiger partial charge in [-0.2, -0.15) is 0 Å². The minimum absolute atomic E-state index is 0.423. The number of nitrogens with one attached hydrogen (secondary N) is 1. The summed E-state index contributed by atoms with van der Waals surface area (Å²) in [4.78, 5) is 3.14. The minimum atomic E-state index is 0.423. The summed E-state index contributed by atoms with van der Waals surface area (Å²) in [5.41, 5.74) is 1.11. The van der Waals surface area contributed by atoms with E-state index in [2.05, 4.69) is 15.2 Å². The van der Waals surface area contributed by atoms with Gasteiger partial charge in [0.05, 0.1) is 0 Å². The molecular formula is C12H12N4O. The third-order valence-corrected chi connectivity index (χ3v) is 2.70. The fourth-order valence-corrected chi connectivity index (χ4v) is 1.71. The largest absolute Gasteiger partial charge is 0.486 e. The maximum atomic E-state index is 5.67. The standard InChI is InChI=1S/C12H12N4O/c1-16-8-14-15-12(16)7-17-10-2-3-11-9(6-10)4-5-13-11/h2-6,8,13H,7H2,1H3. The first-order valence-corrected chi connectivity index (χ1v) is 5.36. The molecule has 5 heteroatoms. The highest BCUT2D eigenvalue weighted by molar-refractivity contribution is 5.80. The van der Waals surface area contributed by atoms with E-state index in [9.17, 15) is 0 Å². The molecule has 0 saturated heterocycles. The van der Waals surface area contributed by atoms with Crippen molar-refractivity contribution in [2.24, 2.45) is 7.05 Å². The highest BCUT2D eigenvalue weighted by Crippen LogP contribution is 2.20. The molecule has 1 aromatic carbocycles. The van der Waals surface area contributed by atoms with Crippen molar-refractivity contribution in [3.05, 3.63) is 42.6 Å². The van der Waals surface area contributed by atoms with E-state index < -0.39 is 0 Å². The number of aromatic amines is 1. The van der Waals surface area contributed by atoms with E-state index in [4.69, 9.17) is 4.74 Å². The van der Waals surface area contributed by atoms with Crippen LogP contribution in [-0.2, 0) is 13.7 Å². The summed E-state index contributed by atoms with van der Waals surface area (Å²) in [6, 6.07) is 7.96. The topological polar surface area (TPSA) is 55.7 Å². The van der Waals surface area contributed by atoms with Gasteiger partial charge in [0.1, 0.15) is 18.7 Å². The summed E-state index contributed by atoms with van der Waals surface area (Å²) in [7, 11) is 1.90. The molecule has 0 spiro atoms.